The molecule has 2 aromatic rings. The van der Waals surface area contributed by atoms with Gasteiger partial charge in [0, 0.05) is 12.4 Å². The molecule has 0 aromatic carbocycles. The Kier molecular flexibility index (Phi) is 0.974. The fourth-order valence-corrected chi connectivity index (χ4v) is 1.24. The maximum absolute atomic E-state index is 11.6. The Balaban J connectivity index is 2.70. The standard InChI is InChI=1S/C7H3N5O/c13-6-4-5(10-3-9-4)11-7-8-1-2-12(6)7/h1-3H. The summed E-state index contributed by atoms with van der Waals surface area (Å²) in [4.78, 5) is 27.2. The van der Waals surface area contributed by atoms with E-state index in [0.717, 1.165) is 0 Å². The lowest BCUT2D eigenvalue weighted by atomic mass is 10.5. The van der Waals surface area contributed by atoms with E-state index in [2.05, 4.69) is 20.0 Å². The van der Waals surface area contributed by atoms with Crippen molar-refractivity contribution in [1.29, 1.82) is 0 Å². The number of rotatable bonds is 0. The Hall–Kier alpha value is -2.11. The lowest BCUT2D eigenvalue weighted by Crippen LogP contribution is -2.30. The fourth-order valence-electron chi connectivity index (χ4n) is 1.24. The number of aliphatic imine (C=N–C) groups is 1. The van der Waals surface area contributed by atoms with Gasteiger partial charge < -0.3 is 0 Å². The summed E-state index contributed by atoms with van der Waals surface area (Å²) in [6, 6.07) is 0. The van der Waals surface area contributed by atoms with Crippen molar-refractivity contribution < 1.29 is 0 Å². The van der Waals surface area contributed by atoms with E-state index < -0.39 is 0 Å². The molecule has 0 saturated heterocycles. The van der Waals surface area contributed by atoms with Crippen LogP contribution in [0.15, 0.2) is 27.2 Å². The van der Waals surface area contributed by atoms with E-state index in [1.165, 1.54) is 16.9 Å². The minimum Gasteiger partial charge on any atom is -0.266 e. The summed E-state index contributed by atoms with van der Waals surface area (Å²) in [5.74, 6) is 0.710. The van der Waals surface area contributed by atoms with Crippen LogP contribution in [0.5, 0.6) is 0 Å². The zero-order valence-corrected chi connectivity index (χ0v) is 6.38. The lowest BCUT2D eigenvalue weighted by Gasteiger charge is -1.90. The van der Waals surface area contributed by atoms with Gasteiger partial charge in [0.15, 0.2) is 11.2 Å². The topological polar surface area (TPSA) is 72.0 Å². The van der Waals surface area contributed by atoms with Gasteiger partial charge in [0.05, 0.1) is 0 Å². The van der Waals surface area contributed by atoms with Gasteiger partial charge >= 0.3 is 0 Å². The molecule has 6 nitrogen and oxygen atoms in total. The highest BCUT2D eigenvalue weighted by Crippen LogP contribution is 2.02. The molecule has 0 radical (unpaired) electrons. The second-order valence-electron chi connectivity index (χ2n) is 2.56. The van der Waals surface area contributed by atoms with Gasteiger partial charge in [-0.05, 0) is 0 Å². The summed E-state index contributed by atoms with van der Waals surface area (Å²) in [5.41, 5.74) is -0.227. The average Bonchev–Trinajstić information content (AvgIpc) is 2.71. The maximum atomic E-state index is 11.6. The van der Waals surface area contributed by atoms with Gasteiger partial charge in [-0.1, -0.05) is 0 Å². The highest BCUT2D eigenvalue weighted by molar-refractivity contribution is 5.65. The number of fused-ring (bicyclic) bond motifs is 2. The van der Waals surface area contributed by atoms with Crippen LogP contribution in [-0.2, 0) is 0 Å². The summed E-state index contributed by atoms with van der Waals surface area (Å²) in [7, 11) is 0. The van der Waals surface area contributed by atoms with Gasteiger partial charge in [-0.25, -0.2) is 19.4 Å². The number of hydrogen-bond donors (Lipinski definition) is 0. The van der Waals surface area contributed by atoms with Crippen molar-refractivity contribution in [3.05, 3.63) is 28.1 Å². The molecule has 0 spiro atoms. The molecule has 0 fully saturated rings. The lowest BCUT2D eigenvalue weighted by molar-refractivity contribution is 1.02. The van der Waals surface area contributed by atoms with Crippen LogP contribution in [-0.4, -0.2) is 20.7 Å². The fraction of sp³-hybridized carbons (Fsp3) is 0. The predicted molar refractivity (Wildman–Crippen MR) is 44.2 cm³/mol. The molecule has 1 aliphatic rings. The Morgan fingerprint density at radius 1 is 1.38 bits per heavy atom. The largest absolute Gasteiger partial charge is 0.287 e. The van der Waals surface area contributed by atoms with E-state index in [4.69, 9.17) is 0 Å². The molecule has 0 N–H and O–H groups in total. The molecule has 0 atom stereocenters. The Morgan fingerprint density at radius 3 is 3.23 bits per heavy atom. The van der Waals surface area contributed by atoms with Crippen LogP contribution in [0, 0.1) is 0 Å². The minimum atomic E-state index is -0.227. The number of hydrogen-bond acceptors (Lipinski definition) is 5. The SMILES string of the molecule is O=c1c2c(nc3nccn13)N=CN=2. The van der Waals surface area contributed by atoms with Crippen LogP contribution in [0.2, 0.25) is 0 Å². The smallest absolute Gasteiger partial charge is 0.266 e. The van der Waals surface area contributed by atoms with E-state index in [0.29, 0.717) is 11.6 Å². The molecular formula is C7H3N5O. The molecular weight excluding hydrogens is 170 g/mol. The summed E-state index contributed by atoms with van der Waals surface area (Å²) >= 11 is 0. The van der Waals surface area contributed by atoms with Crippen molar-refractivity contribution in [2.75, 3.05) is 0 Å². The van der Waals surface area contributed by atoms with Crippen molar-refractivity contribution in [3.63, 3.8) is 0 Å². The van der Waals surface area contributed by atoms with Crippen molar-refractivity contribution in [1.82, 2.24) is 14.4 Å². The molecule has 0 amide bonds. The van der Waals surface area contributed by atoms with Crippen LogP contribution in [0.1, 0.15) is 0 Å². The summed E-state index contributed by atoms with van der Waals surface area (Å²) in [6.45, 7) is 0. The van der Waals surface area contributed by atoms with E-state index in [1.807, 2.05) is 0 Å². The summed E-state index contributed by atoms with van der Waals surface area (Å²) in [6.07, 6.45) is 4.39. The normalized spacial score (nSPS) is 13.2. The number of imidazole rings is 1. The van der Waals surface area contributed by atoms with Gasteiger partial charge in [-0.2, -0.15) is 4.98 Å². The predicted octanol–water partition coefficient (Wildman–Crippen LogP) is -0.899. The highest BCUT2D eigenvalue weighted by Gasteiger charge is 2.10. The van der Waals surface area contributed by atoms with Crippen LogP contribution in [0.4, 0.5) is 5.82 Å². The Labute approximate surface area is 71.3 Å². The minimum absolute atomic E-state index is 0.227. The van der Waals surface area contributed by atoms with Gasteiger partial charge in [0.25, 0.3) is 5.56 Å². The molecule has 0 saturated carbocycles. The first-order valence-electron chi connectivity index (χ1n) is 3.64. The van der Waals surface area contributed by atoms with E-state index in [-0.39, 0.29) is 10.9 Å². The summed E-state index contributed by atoms with van der Waals surface area (Å²) in [5, 5.41) is 0.283. The second-order valence-corrected chi connectivity index (χ2v) is 2.56. The van der Waals surface area contributed by atoms with Gasteiger partial charge in [-0.15, -0.1) is 0 Å². The third-order valence-corrected chi connectivity index (χ3v) is 1.83. The Morgan fingerprint density at radius 2 is 2.31 bits per heavy atom. The van der Waals surface area contributed by atoms with Crippen LogP contribution >= 0.6 is 0 Å². The highest BCUT2D eigenvalue weighted by atomic mass is 16.1. The van der Waals surface area contributed by atoms with Crippen LogP contribution in [0.25, 0.3) is 5.78 Å². The molecule has 0 bridgehead atoms. The molecule has 6 heteroatoms. The van der Waals surface area contributed by atoms with Crippen molar-refractivity contribution in [2.24, 2.45) is 9.98 Å². The zero-order valence-electron chi connectivity index (χ0n) is 6.38. The third-order valence-electron chi connectivity index (χ3n) is 1.83. The zero-order chi connectivity index (χ0) is 8.84. The number of nitrogens with zero attached hydrogens (tertiary/aromatic N) is 5. The average molecular weight is 173 g/mol. The van der Waals surface area contributed by atoms with E-state index in [1.54, 1.807) is 6.20 Å². The van der Waals surface area contributed by atoms with Gasteiger partial charge in [0.2, 0.25) is 5.78 Å². The molecule has 3 rings (SSSR count). The molecule has 62 valence electrons. The molecule has 0 aliphatic carbocycles. The van der Waals surface area contributed by atoms with Gasteiger partial charge in [-0.3, -0.25) is 4.79 Å². The molecule has 13 heavy (non-hydrogen) atoms. The molecule has 3 heterocycles. The van der Waals surface area contributed by atoms with Gasteiger partial charge in [0.1, 0.15) is 6.34 Å². The first kappa shape index (κ1) is 6.41. The number of aromatic nitrogens is 3. The van der Waals surface area contributed by atoms with E-state index in [9.17, 15) is 4.79 Å². The monoisotopic (exact) mass is 173 g/mol. The van der Waals surface area contributed by atoms with Crippen LogP contribution < -0.4 is 10.9 Å². The third kappa shape index (κ3) is 0.689. The summed E-state index contributed by atoms with van der Waals surface area (Å²) < 4.78 is 1.34. The molecule has 1 aliphatic heterocycles. The molecule has 0 unspecified atom stereocenters. The van der Waals surface area contributed by atoms with Crippen LogP contribution in [0.3, 0.4) is 0 Å². The Bertz CT molecular complexity index is 626. The van der Waals surface area contributed by atoms with E-state index >= 15 is 0 Å². The second kappa shape index (κ2) is 1.98. The van der Waals surface area contributed by atoms with Crippen molar-refractivity contribution in [3.8, 4) is 0 Å². The maximum Gasteiger partial charge on any atom is 0.287 e. The first-order chi connectivity index (χ1) is 6.36. The van der Waals surface area contributed by atoms with Crippen molar-refractivity contribution >= 4 is 17.9 Å². The first-order valence-corrected chi connectivity index (χ1v) is 3.64. The molecule has 2 aromatic heterocycles. The quantitative estimate of drug-likeness (QED) is 0.518. The van der Waals surface area contributed by atoms with Crippen molar-refractivity contribution in [2.45, 2.75) is 0 Å².